The number of ether oxygens (including phenoxy) is 1. The molecule has 1 unspecified atom stereocenters. The van der Waals surface area contributed by atoms with Crippen LogP contribution in [0.4, 0.5) is 5.82 Å². The molecule has 1 rings (SSSR count). The monoisotopic (exact) mass is 265 g/mol. The molecular weight excluding hydrogens is 238 g/mol. The summed E-state index contributed by atoms with van der Waals surface area (Å²) in [6.45, 7) is 8.01. The van der Waals surface area contributed by atoms with E-state index in [0.717, 1.165) is 37.6 Å². The van der Waals surface area contributed by atoms with Crippen LogP contribution >= 0.6 is 0 Å². The second kappa shape index (κ2) is 8.00. The number of rotatable bonds is 8. The lowest BCUT2D eigenvalue weighted by Gasteiger charge is -2.23. The predicted molar refractivity (Wildman–Crippen MR) is 80.7 cm³/mol. The fraction of sp³-hybridized carbons (Fsp3) is 0.667. The number of hydrogen-bond donors (Lipinski definition) is 1. The van der Waals surface area contributed by atoms with Crippen LogP contribution in [-0.4, -0.2) is 31.2 Å². The zero-order chi connectivity index (χ0) is 14.3. The van der Waals surface area contributed by atoms with Crippen molar-refractivity contribution in [2.24, 2.45) is 11.7 Å². The van der Waals surface area contributed by atoms with Crippen LogP contribution in [0.3, 0.4) is 0 Å². The number of pyridine rings is 1. The summed E-state index contributed by atoms with van der Waals surface area (Å²) in [6, 6.07) is 4.10. The van der Waals surface area contributed by atoms with Crippen molar-refractivity contribution in [2.45, 2.75) is 39.7 Å². The van der Waals surface area contributed by atoms with Gasteiger partial charge in [0.15, 0.2) is 11.6 Å². The van der Waals surface area contributed by atoms with E-state index in [1.165, 1.54) is 0 Å². The summed E-state index contributed by atoms with van der Waals surface area (Å²) < 4.78 is 5.73. The number of hydrogen-bond acceptors (Lipinski definition) is 4. The Bertz CT molecular complexity index is 368. The van der Waals surface area contributed by atoms with Crippen LogP contribution < -0.4 is 15.4 Å². The van der Waals surface area contributed by atoms with E-state index in [2.05, 4.69) is 30.7 Å². The highest BCUT2D eigenvalue weighted by molar-refractivity contribution is 5.51. The van der Waals surface area contributed by atoms with Crippen LogP contribution in [0.15, 0.2) is 18.3 Å². The topological polar surface area (TPSA) is 51.4 Å². The smallest absolute Gasteiger partial charge is 0.171 e. The summed E-state index contributed by atoms with van der Waals surface area (Å²) in [6.07, 6.45) is 3.75. The van der Waals surface area contributed by atoms with Gasteiger partial charge >= 0.3 is 0 Å². The average Bonchev–Trinajstić information content (AvgIpc) is 2.42. The van der Waals surface area contributed by atoms with Crippen molar-refractivity contribution in [2.75, 3.05) is 25.1 Å². The van der Waals surface area contributed by atoms with E-state index in [-0.39, 0.29) is 6.04 Å². The molecule has 0 fully saturated rings. The maximum atomic E-state index is 6.08. The average molecular weight is 265 g/mol. The lowest BCUT2D eigenvalue weighted by atomic mass is 10.0. The third-order valence-electron chi connectivity index (χ3n) is 3.23. The second-order valence-electron chi connectivity index (χ2n) is 5.29. The molecule has 0 aliphatic carbocycles. The van der Waals surface area contributed by atoms with E-state index >= 15 is 0 Å². The van der Waals surface area contributed by atoms with Crippen molar-refractivity contribution in [1.29, 1.82) is 0 Å². The fourth-order valence-electron chi connectivity index (χ4n) is 1.78. The Morgan fingerprint density at radius 2 is 2.16 bits per heavy atom. The first-order valence-electron chi connectivity index (χ1n) is 7.10. The highest BCUT2D eigenvalue weighted by Crippen LogP contribution is 2.24. The van der Waals surface area contributed by atoms with E-state index in [0.29, 0.717) is 5.92 Å². The molecule has 0 saturated carbocycles. The maximum Gasteiger partial charge on any atom is 0.171 e. The third-order valence-corrected chi connectivity index (χ3v) is 3.23. The minimum Gasteiger partial charge on any atom is -0.490 e. The number of nitrogens with zero attached hydrogens (tertiary/aromatic N) is 2. The summed E-state index contributed by atoms with van der Waals surface area (Å²) in [5, 5.41) is 0. The van der Waals surface area contributed by atoms with Crippen molar-refractivity contribution in [3.05, 3.63) is 18.3 Å². The first-order chi connectivity index (χ1) is 9.06. The number of nitrogens with two attached hydrogens (primary N) is 1. The predicted octanol–water partition coefficient (Wildman–Crippen LogP) is 2.68. The molecule has 4 nitrogen and oxygen atoms in total. The molecule has 1 atom stereocenters. The Labute approximate surface area is 117 Å². The van der Waals surface area contributed by atoms with Crippen LogP contribution in [0.1, 0.15) is 33.6 Å². The Kier molecular flexibility index (Phi) is 6.64. The van der Waals surface area contributed by atoms with Crippen LogP contribution in [-0.2, 0) is 0 Å². The summed E-state index contributed by atoms with van der Waals surface area (Å²) in [5.41, 5.74) is 6.08. The Hall–Kier alpha value is -1.29. The van der Waals surface area contributed by atoms with Crippen molar-refractivity contribution in [3.63, 3.8) is 0 Å². The first kappa shape index (κ1) is 15.8. The SMILES string of the molecule is CCCOc1cccnc1N(C)CCC(N)C(C)C. The quantitative estimate of drug-likeness (QED) is 0.785. The highest BCUT2D eigenvalue weighted by atomic mass is 16.5. The number of aromatic nitrogens is 1. The van der Waals surface area contributed by atoms with Gasteiger partial charge in [-0.1, -0.05) is 20.8 Å². The van der Waals surface area contributed by atoms with Crippen molar-refractivity contribution >= 4 is 5.82 Å². The van der Waals surface area contributed by atoms with Crippen molar-refractivity contribution in [3.8, 4) is 5.75 Å². The van der Waals surface area contributed by atoms with Gasteiger partial charge in [0.2, 0.25) is 0 Å². The van der Waals surface area contributed by atoms with Crippen molar-refractivity contribution in [1.82, 2.24) is 4.98 Å². The van der Waals surface area contributed by atoms with Gasteiger partial charge in [0.05, 0.1) is 6.61 Å². The summed E-state index contributed by atoms with van der Waals surface area (Å²) in [4.78, 5) is 6.53. The normalized spacial score (nSPS) is 12.5. The van der Waals surface area contributed by atoms with Gasteiger partial charge in [0.25, 0.3) is 0 Å². The molecule has 1 aromatic heterocycles. The third kappa shape index (κ3) is 5.07. The minimum atomic E-state index is 0.228. The Morgan fingerprint density at radius 1 is 1.42 bits per heavy atom. The van der Waals surface area contributed by atoms with Crippen LogP contribution in [0.5, 0.6) is 5.75 Å². The molecule has 1 heterocycles. The second-order valence-corrected chi connectivity index (χ2v) is 5.29. The van der Waals surface area contributed by atoms with E-state index in [1.54, 1.807) is 6.20 Å². The molecule has 4 heteroatoms. The van der Waals surface area contributed by atoms with Crippen LogP contribution in [0.2, 0.25) is 0 Å². The van der Waals surface area contributed by atoms with Gasteiger partial charge in [-0.2, -0.15) is 0 Å². The molecule has 2 N–H and O–H groups in total. The van der Waals surface area contributed by atoms with Gasteiger partial charge in [0.1, 0.15) is 0 Å². The molecular formula is C15H27N3O. The molecule has 19 heavy (non-hydrogen) atoms. The molecule has 108 valence electrons. The van der Waals surface area contributed by atoms with Crippen LogP contribution in [0, 0.1) is 5.92 Å². The molecule has 0 amide bonds. The van der Waals surface area contributed by atoms with Gasteiger partial charge in [0, 0.05) is 25.8 Å². The molecule has 0 radical (unpaired) electrons. The first-order valence-corrected chi connectivity index (χ1v) is 7.10. The Morgan fingerprint density at radius 3 is 2.79 bits per heavy atom. The molecule has 1 aromatic rings. The van der Waals surface area contributed by atoms with Gasteiger partial charge in [-0.3, -0.25) is 0 Å². The molecule has 0 aliphatic rings. The molecule has 0 bridgehead atoms. The zero-order valence-corrected chi connectivity index (χ0v) is 12.6. The molecule has 0 spiro atoms. The summed E-state index contributed by atoms with van der Waals surface area (Å²) in [5.74, 6) is 2.25. The van der Waals surface area contributed by atoms with E-state index in [1.807, 2.05) is 19.2 Å². The number of anilines is 1. The van der Waals surface area contributed by atoms with Gasteiger partial charge in [-0.15, -0.1) is 0 Å². The molecule has 0 aliphatic heterocycles. The maximum absolute atomic E-state index is 6.08. The lowest BCUT2D eigenvalue weighted by molar-refractivity contribution is 0.316. The van der Waals surface area contributed by atoms with Gasteiger partial charge in [-0.05, 0) is 30.9 Å². The summed E-state index contributed by atoms with van der Waals surface area (Å²) >= 11 is 0. The zero-order valence-electron chi connectivity index (χ0n) is 12.6. The van der Waals surface area contributed by atoms with E-state index in [9.17, 15) is 0 Å². The largest absolute Gasteiger partial charge is 0.490 e. The van der Waals surface area contributed by atoms with Gasteiger partial charge in [-0.25, -0.2) is 4.98 Å². The summed E-state index contributed by atoms with van der Waals surface area (Å²) in [7, 11) is 2.04. The minimum absolute atomic E-state index is 0.228. The van der Waals surface area contributed by atoms with E-state index in [4.69, 9.17) is 10.5 Å². The molecule has 0 aromatic carbocycles. The van der Waals surface area contributed by atoms with Crippen molar-refractivity contribution < 1.29 is 4.74 Å². The van der Waals surface area contributed by atoms with Gasteiger partial charge < -0.3 is 15.4 Å². The fourth-order valence-corrected chi connectivity index (χ4v) is 1.78. The molecule has 0 saturated heterocycles. The highest BCUT2D eigenvalue weighted by Gasteiger charge is 2.13. The standard InChI is InChI=1S/C15H27N3O/c1-5-11-19-14-7-6-9-17-15(14)18(4)10-8-13(16)12(2)3/h6-7,9,12-13H,5,8,10-11,16H2,1-4H3. The van der Waals surface area contributed by atoms with E-state index < -0.39 is 0 Å². The van der Waals surface area contributed by atoms with Crippen LogP contribution in [0.25, 0.3) is 0 Å². The Balaban J connectivity index is 2.62. The lowest BCUT2D eigenvalue weighted by Crippen LogP contribution is -2.32.